The average Bonchev–Trinajstić information content (AvgIpc) is 3.07. The number of aromatic nitrogens is 1. The summed E-state index contributed by atoms with van der Waals surface area (Å²) in [5.74, 6) is -0.0442. The largest absolute Gasteiger partial charge is 0.486 e. The van der Waals surface area contributed by atoms with Crippen molar-refractivity contribution in [3.05, 3.63) is 74.9 Å². The molecule has 0 fully saturated rings. The first-order valence-corrected chi connectivity index (χ1v) is 8.81. The molecule has 134 valence electrons. The van der Waals surface area contributed by atoms with Gasteiger partial charge in [-0.3, -0.25) is 4.79 Å². The summed E-state index contributed by atoms with van der Waals surface area (Å²) in [6.45, 7) is 0.424. The molecule has 0 aliphatic carbocycles. The molecule has 0 spiro atoms. The van der Waals surface area contributed by atoms with Gasteiger partial charge in [0.05, 0.1) is 11.3 Å². The smallest absolute Gasteiger partial charge is 0.252 e. The molecule has 0 atom stereocenters. The average molecular weight is 393 g/mol. The molecule has 0 radical (unpaired) electrons. The lowest BCUT2D eigenvalue weighted by atomic mass is 10.2. The van der Waals surface area contributed by atoms with Gasteiger partial charge >= 0.3 is 0 Å². The van der Waals surface area contributed by atoms with Crippen LogP contribution in [-0.4, -0.2) is 10.9 Å². The second-order valence-corrected chi connectivity index (χ2v) is 6.65. The van der Waals surface area contributed by atoms with Crippen molar-refractivity contribution in [2.24, 2.45) is 5.73 Å². The van der Waals surface area contributed by atoms with Gasteiger partial charge in [-0.25, -0.2) is 9.37 Å². The predicted molar refractivity (Wildman–Crippen MR) is 97.1 cm³/mol. The van der Waals surface area contributed by atoms with Gasteiger partial charge in [0.1, 0.15) is 35.5 Å². The van der Waals surface area contributed by atoms with Gasteiger partial charge in [0.25, 0.3) is 5.91 Å². The Morgan fingerprint density at radius 3 is 2.65 bits per heavy atom. The number of carbonyl (C=O) groups is 1. The molecule has 8 heteroatoms. The predicted octanol–water partition coefficient (Wildman–Crippen LogP) is 4.19. The van der Waals surface area contributed by atoms with Gasteiger partial charge in [-0.1, -0.05) is 11.6 Å². The number of nitrogens with two attached hydrogens (primary N) is 1. The number of rotatable bonds is 7. The fraction of sp³-hybridized carbons (Fsp3) is 0.111. The molecule has 5 nitrogen and oxygen atoms in total. The van der Waals surface area contributed by atoms with Crippen LogP contribution in [0.5, 0.6) is 11.5 Å². The minimum atomic E-state index is -0.594. The molecular weight excluding hydrogens is 379 g/mol. The zero-order valence-electron chi connectivity index (χ0n) is 13.4. The first-order chi connectivity index (χ1) is 12.5. The maximum absolute atomic E-state index is 12.9. The number of ether oxygens (including phenoxy) is 2. The highest BCUT2D eigenvalue weighted by atomic mass is 35.5. The highest BCUT2D eigenvalue weighted by Crippen LogP contribution is 2.24. The summed E-state index contributed by atoms with van der Waals surface area (Å²) in [6, 6.07) is 10.4. The van der Waals surface area contributed by atoms with Crippen molar-refractivity contribution >= 4 is 28.8 Å². The third kappa shape index (κ3) is 4.71. The van der Waals surface area contributed by atoms with E-state index in [1.807, 2.05) is 5.38 Å². The van der Waals surface area contributed by atoms with Crippen molar-refractivity contribution in [3.63, 3.8) is 0 Å². The first kappa shape index (κ1) is 18.2. The molecule has 2 aromatic carbocycles. The molecule has 1 aromatic heterocycles. The minimum Gasteiger partial charge on any atom is -0.486 e. The molecule has 0 unspecified atom stereocenters. The Hall–Kier alpha value is -2.64. The topological polar surface area (TPSA) is 74.4 Å². The van der Waals surface area contributed by atoms with Gasteiger partial charge < -0.3 is 15.2 Å². The van der Waals surface area contributed by atoms with E-state index in [2.05, 4.69) is 4.98 Å². The van der Waals surface area contributed by atoms with Crippen LogP contribution in [0.15, 0.2) is 47.8 Å². The fourth-order valence-corrected chi connectivity index (χ4v) is 2.98. The number of benzene rings is 2. The number of hydrogen-bond acceptors (Lipinski definition) is 5. The molecule has 0 saturated carbocycles. The highest BCUT2D eigenvalue weighted by molar-refractivity contribution is 7.09. The molecule has 26 heavy (non-hydrogen) atoms. The number of hydrogen-bond donors (Lipinski definition) is 1. The van der Waals surface area contributed by atoms with E-state index < -0.39 is 5.91 Å². The van der Waals surface area contributed by atoms with E-state index in [-0.39, 0.29) is 24.6 Å². The third-order valence-electron chi connectivity index (χ3n) is 3.36. The summed E-state index contributed by atoms with van der Waals surface area (Å²) >= 11 is 7.34. The van der Waals surface area contributed by atoms with E-state index in [9.17, 15) is 9.18 Å². The van der Waals surface area contributed by atoms with Crippen LogP contribution in [0.2, 0.25) is 5.02 Å². The van der Waals surface area contributed by atoms with E-state index in [4.69, 9.17) is 26.8 Å². The number of primary amides is 1. The van der Waals surface area contributed by atoms with Crippen LogP contribution in [0.3, 0.4) is 0 Å². The number of nitrogens with zero attached hydrogens (tertiary/aromatic N) is 1. The standard InChI is InChI=1S/C18H14ClFN2O3S/c19-11-1-6-15(18(21)23)16(7-11)25-8-13-10-26-17(22-13)9-24-14-4-2-12(20)3-5-14/h1-7,10H,8-9H2,(H2,21,23). The molecule has 1 heterocycles. The van der Waals surface area contributed by atoms with Crippen molar-refractivity contribution in [2.45, 2.75) is 13.2 Å². The number of amides is 1. The van der Waals surface area contributed by atoms with Crippen molar-refractivity contribution in [1.82, 2.24) is 4.98 Å². The zero-order chi connectivity index (χ0) is 18.5. The molecular formula is C18H14ClFN2O3S. The van der Waals surface area contributed by atoms with Gasteiger partial charge in [-0.15, -0.1) is 11.3 Å². The van der Waals surface area contributed by atoms with Crippen LogP contribution in [0.1, 0.15) is 21.1 Å². The number of thiazole rings is 1. The lowest BCUT2D eigenvalue weighted by Gasteiger charge is -2.08. The maximum Gasteiger partial charge on any atom is 0.252 e. The fourth-order valence-electron chi connectivity index (χ4n) is 2.13. The molecule has 3 aromatic rings. The van der Waals surface area contributed by atoms with Gasteiger partial charge in [0.2, 0.25) is 0 Å². The van der Waals surface area contributed by atoms with Gasteiger partial charge in [-0.2, -0.15) is 0 Å². The molecule has 1 amide bonds. The summed E-state index contributed by atoms with van der Waals surface area (Å²) in [4.78, 5) is 15.8. The Bertz CT molecular complexity index is 915. The summed E-state index contributed by atoms with van der Waals surface area (Å²) in [5.41, 5.74) is 6.26. The van der Waals surface area contributed by atoms with Crippen molar-refractivity contribution in [1.29, 1.82) is 0 Å². The molecule has 0 aliphatic heterocycles. The second kappa shape index (κ2) is 8.16. The van der Waals surface area contributed by atoms with Crippen molar-refractivity contribution in [2.75, 3.05) is 0 Å². The van der Waals surface area contributed by atoms with Crippen molar-refractivity contribution < 1.29 is 18.7 Å². The van der Waals surface area contributed by atoms with Gasteiger partial charge in [0, 0.05) is 10.4 Å². The number of halogens is 2. The van der Waals surface area contributed by atoms with Crippen molar-refractivity contribution in [3.8, 4) is 11.5 Å². The lowest BCUT2D eigenvalue weighted by molar-refractivity contribution is 0.0996. The Labute approximate surface area is 158 Å². The lowest BCUT2D eigenvalue weighted by Crippen LogP contribution is -2.13. The van der Waals surface area contributed by atoms with E-state index >= 15 is 0 Å². The molecule has 0 saturated heterocycles. The van der Waals surface area contributed by atoms with E-state index in [0.29, 0.717) is 22.2 Å². The summed E-state index contributed by atoms with van der Waals surface area (Å²) in [5, 5.41) is 3.02. The van der Waals surface area contributed by atoms with E-state index in [1.165, 1.54) is 35.6 Å². The Balaban J connectivity index is 1.59. The zero-order valence-corrected chi connectivity index (χ0v) is 15.0. The van der Waals surface area contributed by atoms with Crippen LogP contribution < -0.4 is 15.2 Å². The van der Waals surface area contributed by atoms with Gasteiger partial charge in [0.15, 0.2) is 0 Å². The Morgan fingerprint density at radius 2 is 1.92 bits per heavy atom. The summed E-state index contributed by atoms with van der Waals surface area (Å²) < 4.78 is 24.0. The van der Waals surface area contributed by atoms with E-state index in [0.717, 1.165) is 5.01 Å². The summed E-state index contributed by atoms with van der Waals surface area (Å²) in [7, 11) is 0. The van der Waals surface area contributed by atoms with Gasteiger partial charge in [-0.05, 0) is 42.5 Å². The molecule has 2 N–H and O–H groups in total. The SMILES string of the molecule is NC(=O)c1ccc(Cl)cc1OCc1csc(COc2ccc(F)cc2)n1. The normalized spacial score (nSPS) is 10.5. The summed E-state index contributed by atoms with van der Waals surface area (Å²) in [6.07, 6.45) is 0. The monoisotopic (exact) mass is 392 g/mol. The Morgan fingerprint density at radius 1 is 1.15 bits per heavy atom. The quantitative estimate of drug-likeness (QED) is 0.654. The second-order valence-electron chi connectivity index (χ2n) is 5.27. The van der Waals surface area contributed by atoms with Crippen LogP contribution in [0, 0.1) is 5.82 Å². The Kier molecular flexibility index (Phi) is 5.70. The van der Waals surface area contributed by atoms with Crippen LogP contribution >= 0.6 is 22.9 Å². The maximum atomic E-state index is 12.9. The van der Waals surface area contributed by atoms with E-state index in [1.54, 1.807) is 18.2 Å². The highest BCUT2D eigenvalue weighted by Gasteiger charge is 2.11. The third-order valence-corrected chi connectivity index (χ3v) is 4.47. The minimum absolute atomic E-state index is 0.160. The number of carbonyl (C=O) groups excluding carboxylic acids is 1. The first-order valence-electron chi connectivity index (χ1n) is 7.55. The van der Waals surface area contributed by atoms with Crippen LogP contribution in [-0.2, 0) is 13.2 Å². The van der Waals surface area contributed by atoms with Crippen LogP contribution in [0.4, 0.5) is 4.39 Å². The van der Waals surface area contributed by atoms with Crippen LogP contribution in [0.25, 0.3) is 0 Å². The molecule has 0 aliphatic rings. The molecule has 3 rings (SSSR count). The molecule has 0 bridgehead atoms.